The van der Waals surface area contributed by atoms with Crippen molar-refractivity contribution in [1.82, 2.24) is 0 Å². The number of carbonyl (C=O) groups is 2. The van der Waals surface area contributed by atoms with E-state index in [2.05, 4.69) is 116 Å². The molecule has 2 saturated heterocycles. The number of ether oxygens (including phenoxy) is 4. The molecule has 7 saturated carbocycles. The van der Waals surface area contributed by atoms with Gasteiger partial charge >= 0.3 is 0 Å². The van der Waals surface area contributed by atoms with E-state index >= 15 is 0 Å². The smallest absolute Gasteiger partial charge is 0.192 e. The van der Waals surface area contributed by atoms with E-state index < -0.39 is 28.2 Å². The van der Waals surface area contributed by atoms with E-state index in [-0.39, 0.29) is 88.6 Å². The molecule has 0 aromatic carbocycles. The Balaban J connectivity index is 0.000000198. The van der Waals surface area contributed by atoms with Crippen LogP contribution in [0, 0.1) is 69.0 Å². The van der Waals surface area contributed by atoms with Crippen molar-refractivity contribution in [1.29, 1.82) is 0 Å². The van der Waals surface area contributed by atoms with Crippen LogP contribution in [0.1, 0.15) is 196 Å². The van der Waals surface area contributed by atoms with Gasteiger partial charge in [-0.2, -0.15) is 0 Å². The number of hydrogen-bond acceptors (Lipinski definition) is 8. The lowest BCUT2D eigenvalue weighted by atomic mass is 9.42. The zero-order valence-corrected chi connectivity index (χ0v) is 47.9. The van der Waals surface area contributed by atoms with Gasteiger partial charge in [-0.05, 0) is 197 Å². The van der Waals surface area contributed by atoms with E-state index in [1.54, 1.807) is 0 Å². The summed E-state index contributed by atoms with van der Waals surface area (Å²) >= 11 is 0. The Bertz CT molecular complexity index is 2000. The summed E-state index contributed by atoms with van der Waals surface area (Å²) in [4.78, 5) is 25.4. The molecule has 0 radical (unpaired) electrons. The van der Waals surface area contributed by atoms with Gasteiger partial charge < -0.3 is 27.8 Å². The van der Waals surface area contributed by atoms with Crippen molar-refractivity contribution in [2.24, 2.45) is 69.0 Å². The Labute approximate surface area is 424 Å². The van der Waals surface area contributed by atoms with Gasteiger partial charge in [0.15, 0.2) is 34.0 Å². The van der Waals surface area contributed by atoms with Crippen LogP contribution in [0.3, 0.4) is 0 Å². The van der Waals surface area contributed by atoms with Crippen LogP contribution in [-0.2, 0) is 37.4 Å². The molecule has 396 valence electrons. The van der Waals surface area contributed by atoms with Crippen LogP contribution < -0.4 is 0 Å². The minimum absolute atomic E-state index is 0. The Kier molecular flexibility index (Phi) is 14.4. The lowest BCUT2D eigenvalue weighted by Crippen LogP contribution is -2.65. The summed E-state index contributed by atoms with van der Waals surface area (Å²) in [6.45, 7) is 44.1. The van der Waals surface area contributed by atoms with Gasteiger partial charge in [-0.3, -0.25) is 9.59 Å². The third kappa shape index (κ3) is 8.72. The molecule has 10 aliphatic rings. The molecule has 18 atom stereocenters. The van der Waals surface area contributed by atoms with Crippen LogP contribution in [0.15, 0.2) is 11.6 Å². The summed E-state index contributed by atoms with van der Waals surface area (Å²) in [5.74, 6) is 3.18. The molecule has 8 nitrogen and oxygen atoms in total. The highest BCUT2D eigenvalue weighted by Gasteiger charge is 2.71. The van der Waals surface area contributed by atoms with E-state index in [4.69, 9.17) is 27.8 Å². The molecule has 7 unspecified atom stereocenters. The summed E-state index contributed by atoms with van der Waals surface area (Å²) in [7, 11) is -3.68. The Hall–Kier alpha value is -0.726. The van der Waals surface area contributed by atoms with E-state index in [0.29, 0.717) is 59.9 Å². The van der Waals surface area contributed by atoms with Gasteiger partial charge in [0.1, 0.15) is 11.9 Å². The van der Waals surface area contributed by atoms with Gasteiger partial charge in [0.05, 0.1) is 30.5 Å². The van der Waals surface area contributed by atoms with Crippen LogP contribution in [0.25, 0.3) is 0 Å². The SMILES string of the molecule is C.C.CC1(C)O[C@@H]2C3=CC(=O)CC[C@]3(C)C3CC[C@@]4(C)C(CC[C@@H]4O[Si](C)(C)C(C)(C)C)C3[C@H]2O1.C[C@@H]1C(=O)CC[C@]2(C)C3CC[C@@]4(C)C(CC[C@@H]4O[Si](C)(C)C(C)(C)C)C3[C@H]3OC(C)(C)O[C@@H]3C12. The molecule has 10 heteroatoms. The fourth-order valence-corrected chi connectivity index (χ4v) is 20.2. The second-order valence-electron chi connectivity index (χ2n) is 29.4. The summed E-state index contributed by atoms with van der Waals surface area (Å²) in [5, 5.41) is 0.454. The highest BCUT2D eigenvalue weighted by atomic mass is 28.4. The molecule has 0 aromatic heterocycles. The highest BCUT2D eigenvalue weighted by molar-refractivity contribution is 6.74. The average molecular weight is 998 g/mol. The van der Waals surface area contributed by atoms with Crippen molar-refractivity contribution in [2.75, 3.05) is 0 Å². The first kappa shape index (κ1) is 56.0. The third-order valence-electron chi connectivity index (χ3n) is 22.9. The van der Waals surface area contributed by atoms with E-state index in [0.717, 1.165) is 25.7 Å². The van der Waals surface area contributed by atoms with Crippen molar-refractivity contribution in [3.05, 3.63) is 11.6 Å². The number of carbonyl (C=O) groups excluding carboxylic acids is 2. The van der Waals surface area contributed by atoms with Gasteiger partial charge in [0, 0.05) is 24.7 Å². The zero-order valence-electron chi connectivity index (χ0n) is 45.9. The first-order chi connectivity index (χ1) is 30.6. The van der Waals surface area contributed by atoms with Crippen LogP contribution in [0.5, 0.6) is 0 Å². The Morgan fingerprint density at radius 1 is 0.551 bits per heavy atom. The van der Waals surface area contributed by atoms with Crippen molar-refractivity contribution in [2.45, 2.75) is 280 Å². The van der Waals surface area contributed by atoms with Crippen molar-refractivity contribution < 1.29 is 37.4 Å². The highest BCUT2D eigenvalue weighted by Crippen LogP contribution is 2.71. The Morgan fingerprint density at radius 2 is 1.00 bits per heavy atom. The summed E-state index contributed by atoms with van der Waals surface area (Å²) in [6.07, 6.45) is 15.8. The molecule has 69 heavy (non-hydrogen) atoms. The second-order valence-corrected chi connectivity index (χ2v) is 38.9. The van der Waals surface area contributed by atoms with E-state index in [1.807, 2.05) is 19.9 Å². The van der Waals surface area contributed by atoms with Crippen LogP contribution in [-0.4, -0.2) is 76.4 Å². The number of hydrogen-bond donors (Lipinski definition) is 0. The monoisotopic (exact) mass is 997 g/mol. The normalized spacial score (nSPS) is 47.2. The molecular formula is C59H104O8Si2. The zero-order chi connectivity index (χ0) is 49.2. The largest absolute Gasteiger partial charge is 0.413 e. The molecule has 0 spiro atoms. The molecule has 2 heterocycles. The molecule has 0 bridgehead atoms. The van der Waals surface area contributed by atoms with Crippen LogP contribution in [0.4, 0.5) is 0 Å². The Morgan fingerprint density at radius 3 is 1.52 bits per heavy atom. The lowest BCUT2D eigenvalue weighted by molar-refractivity contribution is -0.194. The topological polar surface area (TPSA) is 89.5 Å². The number of ketones is 2. The molecule has 9 fully saturated rings. The predicted octanol–water partition coefficient (Wildman–Crippen LogP) is 14.9. The average Bonchev–Trinajstić information content (AvgIpc) is 3.91. The van der Waals surface area contributed by atoms with Gasteiger partial charge in [-0.25, -0.2) is 0 Å². The first-order valence-electron chi connectivity index (χ1n) is 27.5. The van der Waals surface area contributed by atoms with Crippen LogP contribution >= 0.6 is 0 Å². The third-order valence-corrected chi connectivity index (χ3v) is 31.9. The quantitative estimate of drug-likeness (QED) is 0.257. The minimum atomic E-state index is -1.84. The first-order valence-corrected chi connectivity index (χ1v) is 33.3. The molecule has 0 N–H and O–H groups in total. The van der Waals surface area contributed by atoms with Crippen molar-refractivity contribution in [3.63, 3.8) is 0 Å². The predicted molar refractivity (Wildman–Crippen MR) is 285 cm³/mol. The van der Waals surface area contributed by atoms with Gasteiger partial charge in [-0.15, -0.1) is 0 Å². The summed E-state index contributed by atoms with van der Waals surface area (Å²) in [5.41, 5.74) is 1.83. The van der Waals surface area contributed by atoms with Gasteiger partial charge in [-0.1, -0.05) is 91.0 Å². The maximum atomic E-state index is 12.9. The minimum Gasteiger partial charge on any atom is -0.413 e. The lowest BCUT2D eigenvalue weighted by Gasteiger charge is -2.63. The van der Waals surface area contributed by atoms with E-state index in [1.165, 1.54) is 50.5 Å². The van der Waals surface area contributed by atoms with Crippen molar-refractivity contribution in [3.8, 4) is 0 Å². The molecule has 0 aromatic rings. The van der Waals surface area contributed by atoms with E-state index in [9.17, 15) is 9.59 Å². The molecule has 8 aliphatic carbocycles. The van der Waals surface area contributed by atoms with Gasteiger partial charge in [0.2, 0.25) is 0 Å². The maximum absolute atomic E-state index is 12.9. The summed E-state index contributed by atoms with van der Waals surface area (Å²) < 4.78 is 41.0. The number of rotatable bonds is 4. The fraction of sp³-hybridized carbons (Fsp3) is 0.932. The molecule has 2 aliphatic heterocycles. The molecule has 10 rings (SSSR count). The number of fused-ring (bicyclic) bond motifs is 16. The fourth-order valence-electron chi connectivity index (χ4n) is 17.3. The maximum Gasteiger partial charge on any atom is 0.192 e. The summed E-state index contributed by atoms with van der Waals surface area (Å²) in [6, 6.07) is 0. The van der Waals surface area contributed by atoms with Crippen molar-refractivity contribution >= 4 is 28.2 Å². The molecular weight excluding hydrogens is 893 g/mol. The standard InChI is InChI=1S/C29H50O4Si.C28H46O4Si.2CH4/c1-17-20(30)14-16-29(8)19-13-15-28(7)18(11-12-21(28)33-34(9,10)26(2,3)4)22(19)24-25(23(17)29)32-27(5,6)31-24;1-25(2,3)33(8,9)32-21-11-10-18-22-19(13-15-28(18,21)7)27(6)14-12-17(29)16-20(27)23-24(22)31-26(4,5)30-23;;/h17-19,21-25H,11-16H2,1-10H3;16,18-19,21-24H,10-15H2,1-9H3;2*1H4/t17-,18?,19?,21+,22?,23?,24-,25-,28+,29-;18?,19?,21-,22?,23+,24+,27+,28-;;/m10../s1. The van der Waals surface area contributed by atoms with Crippen LogP contribution in [0.2, 0.25) is 36.3 Å². The van der Waals surface area contributed by atoms with Gasteiger partial charge in [0.25, 0.3) is 0 Å². The second kappa shape index (κ2) is 17.7. The molecule has 0 amide bonds. The number of Topliss-reactive ketones (excluding diaryl/α,β-unsaturated/α-hetero) is 1.